The molecule has 15 heteroatoms. The van der Waals surface area contributed by atoms with Gasteiger partial charge in [0.1, 0.15) is 11.4 Å². The van der Waals surface area contributed by atoms with Crippen LogP contribution in [0.5, 0.6) is 5.75 Å². The Morgan fingerprint density at radius 2 is 1.69 bits per heavy atom. The molecule has 5 heterocycles. The average Bonchev–Trinajstić information content (AvgIpc) is 3.91. The van der Waals surface area contributed by atoms with Crippen LogP contribution < -0.4 is 10.1 Å². The minimum atomic E-state index is -0.803. The first-order chi connectivity index (χ1) is 26.1. The zero-order valence-electron chi connectivity index (χ0n) is 30.1. The summed E-state index contributed by atoms with van der Waals surface area (Å²) in [6.07, 6.45) is 8.93. The zero-order valence-corrected chi connectivity index (χ0v) is 31.7. The van der Waals surface area contributed by atoms with Crippen molar-refractivity contribution in [2.24, 2.45) is 5.92 Å². The van der Waals surface area contributed by atoms with Crippen molar-refractivity contribution >= 4 is 41.1 Å². The molecule has 0 bridgehead atoms. The molecule has 2 aromatic heterocycles. The summed E-state index contributed by atoms with van der Waals surface area (Å²) in [6.45, 7) is 4.14. The lowest BCUT2D eigenvalue weighted by molar-refractivity contribution is -0.143. The van der Waals surface area contributed by atoms with E-state index in [4.69, 9.17) is 27.9 Å². The molecule has 3 aliphatic heterocycles. The number of hydrogen-bond acceptors (Lipinski definition) is 8. The van der Waals surface area contributed by atoms with Crippen LogP contribution in [0.25, 0.3) is 11.3 Å². The second-order valence-corrected chi connectivity index (χ2v) is 15.4. The van der Waals surface area contributed by atoms with Gasteiger partial charge >= 0.3 is 12.0 Å². The summed E-state index contributed by atoms with van der Waals surface area (Å²) in [5.74, 6) is -0.852. The number of halogens is 2. The SMILES string of the molecule is COc1ccc(-c2cn[nH]n2)cc1C(=O)N1CCC(CCN2CCC(NC(=O)N3CCC(C(=O)O)CC3)(c3ccncc3)CC2)(c2ccc(Cl)c(Cl)c2)C1. The van der Waals surface area contributed by atoms with Gasteiger partial charge < -0.3 is 29.9 Å². The van der Waals surface area contributed by atoms with E-state index in [1.807, 2.05) is 41.3 Å². The first-order valence-corrected chi connectivity index (χ1v) is 19.1. The van der Waals surface area contributed by atoms with E-state index >= 15 is 0 Å². The summed E-state index contributed by atoms with van der Waals surface area (Å²) < 4.78 is 5.63. The molecule has 4 aromatic rings. The van der Waals surface area contributed by atoms with Crippen molar-refractivity contribution in [2.45, 2.75) is 49.5 Å². The van der Waals surface area contributed by atoms with Gasteiger partial charge in [0.05, 0.1) is 40.4 Å². The summed E-state index contributed by atoms with van der Waals surface area (Å²) in [4.78, 5) is 49.6. The van der Waals surface area contributed by atoms with Crippen molar-refractivity contribution in [3.8, 4) is 17.0 Å². The second kappa shape index (κ2) is 15.9. The number of carboxylic acid groups (broad SMARTS) is 1. The highest BCUT2D eigenvalue weighted by Crippen LogP contribution is 2.42. The topological polar surface area (TPSA) is 157 Å². The standard InChI is InChI=1S/C39H44Cl2N8O5/c1-54-34-5-2-27(33-24-43-46-45-33)22-30(34)35(50)49-21-11-38(25-49,29-3-4-31(40)32(41)23-29)10-18-47-19-12-39(13-20-47,28-6-14-42-15-7-28)44-37(53)48-16-8-26(9-17-48)36(51)52/h2-7,14-15,22-24,26H,8-13,16-21,25H2,1H3,(H,44,53)(H,51,52)(H,43,45,46). The predicted molar refractivity (Wildman–Crippen MR) is 204 cm³/mol. The maximum absolute atomic E-state index is 14.2. The minimum absolute atomic E-state index is 0.123. The van der Waals surface area contributed by atoms with Crippen LogP contribution in [0.3, 0.4) is 0 Å². The van der Waals surface area contributed by atoms with Crippen LogP contribution in [0.4, 0.5) is 4.79 Å². The van der Waals surface area contributed by atoms with Crippen LogP contribution in [0.1, 0.15) is 60.0 Å². The monoisotopic (exact) mass is 774 g/mol. The number of rotatable bonds is 10. The first-order valence-electron chi connectivity index (χ1n) is 18.3. The number of carbonyl (C=O) groups is 3. The molecule has 3 fully saturated rings. The molecule has 284 valence electrons. The zero-order chi connectivity index (χ0) is 37.9. The van der Waals surface area contributed by atoms with Crippen LogP contribution in [0.15, 0.2) is 67.1 Å². The molecule has 0 saturated carbocycles. The summed E-state index contributed by atoms with van der Waals surface area (Å²) in [7, 11) is 1.56. The molecule has 1 unspecified atom stereocenters. The number of urea groups is 1. The van der Waals surface area contributed by atoms with E-state index in [9.17, 15) is 19.5 Å². The molecule has 0 radical (unpaired) electrons. The molecular weight excluding hydrogens is 731 g/mol. The number of ether oxygens (including phenoxy) is 1. The Hall–Kier alpha value is -4.72. The van der Waals surface area contributed by atoms with E-state index in [0.717, 1.165) is 49.2 Å². The molecule has 2 aromatic carbocycles. The molecule has 3 amide bonds. The van der Waals surface area contributed by atoms with Crippen molar-refractivity contribution in [2.75, 3.05) is 52.9 Å². The van der Waals surface area contributed by atoms with Gasteiger partial charge in [-0.1, -0.05) is 29.3 Å². The maximum atomic E-state index is 14.2. The number of hydrogen-bond donors (Lipinski definition) is 3. The number of benzene rings is 2. The summed E-state index contributed by atoms with van der Waals surface area (Å²) in [5.41, 5.74) is 2.93. The maximum Gasteiger partial charge on any atom is 0.318 e. The summed E-state index contributed by atoms with van der Waals surface area (Å²) in [5, 5.41) is 24.5. The Bertz CT molecular complexity index is 1970. The van der Waals surface area contributed by atoms with Crippen LogP contribution in [-0.4, -0.2) is 111 Å². The Morgan fingerprint density at radius 3 is 2.35 bits per heavy atom. The highest BCUT2D eigenvalue weighted by Gasteiger charge is 2.44. The van der Waals surface area contributed by atoms with Gasteiger partial charge in [-0.05, 0) is 98.7 Å². The summed E-state index contributed by atoms with van der Waals surface area (Å²) >= 11 is 13.0. The third kappa shape index (κ3) is 7.75. The van der Waals surface area contributed by atoms with E-state index in [2.05, 4.69) is 30.6 Å². The van der Waals surface area contributed by atoms with E-state index in [1.54, 1.807) is 42.7 Å². The molecule has 54 heavy (non-hydrogen) atoms. The number of likely N-dealkylation sites (tertiary alicyclic amines) is 3. The largest absolute Gasteiger partial charge is 0.496 e. The number of carbonyl (C=O) groups excluding carboxylic acids is 2. The Labute approximate surface area is 324 Å². The van der Waals surface area contributed by atoms with Gasteiger partial charge in [0.2, 0.25) is 0 Å². The van der Waals surface area contributed by atoms with E-state index < -0.39 is 17.4 Å². The molecule has 0 spiro atoms. The molecule has 3 saturated heterocycles. The Balaban J connectivity index is 1.07. The number of H-pyrrole nitrogens is 1. The van der Waals surface area contributed by atoms with E-state index in [-0.39, 0.29) is 17.4 Å². The van der Waals surface area contributed by atoms with E-state index in [1.165, 1.54) is 0 Å². The van der Waals surface area contributed by atoms with Crippen LogP contribution in [0.2, 0.25) is 10.0 Å². The van der Waals surface area contributed by atoms with Gasteiger partial charge in [-0.15, -0.1) is 0 Å². The molecule has 13 nitrogen and oxygen atoms in total. The number of pyridine rings is 1. The highest BCUT2D eigenvalue weighted by molar-refractivity contribution is 6.42. The number of nitrogens with zero attached hydrogens (tertiary/aromatic N) is 6. The van der Waals surface area contributed by atoms with Crippen molar-refractivity contribution in [3.63, 3.8) is 0 Å². The lowest BCUT2D eigenvalue weighted by atomic mass is 9.76. The smallest absolute Gasteiger partial charge is 0.318 e. The van der Waals surface area contributed by atoms with Crippen LogP contribution in [0, 0.1) is 5.92 Å². The van der Waals surface area contributed by atoms with Crippen molar-refractivity contribution < 1.29 is 24.2 Å². The number of aromatic nitrogens is 4. The second-order valence-electron chi connectivity index (χ2n) is 14.6. The average molecular weight is 776 g/mol. The van der Waals surface area contributed by atoms with Gasteiger partial charge in [0, 0.05) is 62.6 Å². The number of methoxy groups -OCH3 is 1. The van der Waals surface area contributed by atoms with Crippen LogP contribution >= 0.6 is 23.2 Å². The Morgan fingerprint density at radius 1 is 0.926 bits per heavy atom. The third-order valence-electron chi connectivity index (χ3n) is 11.6. The van der Waals surface area contributed by atoms with Gasteiger partial charge in [-0.25, -0.2) is 4.79 Å². The molecule has 3 aliphatic rings. The minimum Gasteiger partial charge on any atom is -0.496 e. The number of aromatic amines is 1. The van der Waals surface area contributed by atoms with Crippen LogP contribution in [-0.2, 0) is 15.7 Å². The van der Waals surface area contributed by atoms with Crippen molar-refractivity contribution in [1.82, 2.24) is 40.4 Å². The fourth-order valence-corrected chi connectivity index (χ4v) is 8.60. The van der Waals surface area contributed by atoms with Crippen molar-refractivity contribution in [3.05, 3.63) is 93.9 Å². The number of piperidine rings is 2. The first kappa shape index (κ1) is 37.6. The van der Waals surface area contributed by atoms with Gasteiger partial charge in [-0.3, -0.25) is 14.6 Å². The Kier molecular flexibility index (Phi) is 11.1. The summed E-state index contributed by atoms with van der Waals surface area (Å²) in [6, 6.07) is 15.0. The fraction of sp³-hybridized carbons (Fsp3) is 0.436. The molecule has 3 N–H and O–H groups in total. The number of aliphatic carboxylic acids is 1. The lowest BCUT2D eigenvalue weighted by Crippen LogP contribution is -2.57. The lowest BCUT2D eigenvalue weighted by Gasteiger charge is -2.45. The predicted octanol–water partition coefficient (Wildman–Crippen LogP) is 5.85. The third-order valence-corrected chi connectivity index (χ3v) is 12.4. The number of amides is 3. The normalized spacial score (nSPS) is 20.5. The fourth-order valence-electron chi connectivity index (χ4n) is 8.30. The number of carboxylic acids is 1. The van der Waals surface area contributed by atoms with Gasteiger partial charge in [-0.2, -0.15) is 15.4 Å². The van der Waals surface area contributed by atoms with Gasteiger partial charge in [0.15, 0.2) is 0 Å². The van der Waals surface area contributed by atoms with E-state index in [0.29, 0.717) is 78.9 Å². The van der Waals surface area contributed by atoms with Crippen molar-refractivity contribution in [1.29, 1.82) is 0 Å². The molecule has 0 aliphatic carbocycles. The highest BCUT2D eigenvalue weighted by atomic mass is 35.5. The quantitative estimate of drug-likeness (QED) is 0.180. The molecule has 1 atom stereocenters. The molecule has 7 rings (SSSR count). The van der Waals surface area contributed by atoms with Gasteiger partial charge in [0.25, 0.3) is 5.91 Å². The number of nitrogens with one attached hydrogen (secondary N) is 2. The molecular formula is C39H44Cl2N8O5.